The number of carbonyl (C=O) groups is 1. The molecule has 1 rings (SSSR count). The summed E-state index contributed by atoms with van der Waals surface area (Å²) in [5, 5.41) is 0.0954. The van der Waals surface area contributed by atoms with Crippen LogP contribution in [0.3, 0.4) is 0 Å². The molecule has 1 heterocycles. The van der Waals surface area contributed by atoms with E-state index in [1.807, 2.05) is 6.92 Å². The third kappa shape index (κ3) is 3.17. The smallest absolute Gasteiger partial charge is 0.335 e. The molecule has 1 saturated heterocycles. The summed E-state index contributed by atoms with van der Waals surface area (Å²) in [6, 6.07) is 0. The predicted octanol–water partition coefficient (Wildman–Crippen LogP) is 4.44. The second-order valence-electron chi connectivity index (χ2n) is 7.28. The molecule has 0 saturated carbocycles. The molecule has 0 aromatic heterocycles. The summed E-state index contributed by atoms with van der Waals surface area (Å²) in [5.74, 6) is -0.292. The minimum atomic E-state index is -1.98. The Morgan fingerprint density at radius 1 is 1.35 bits per heavy atom. The molecule has 0 amide bonds. The Hall–Kier alpha value is -0.613. The lowest BCUT2D eigenvalue weighted by molar-refractivity contribution is -0.208. The third-order valence-corrected chi connectivity index (χ3v) is 11.2. The summed E-state index contributed by atoms with van der Waals surface area (Å²) in [7, 11) is -1.98. The minimum absolute atomic E-state index is 0.0954. The van der Waals surface area contributed by atoms with Crippen LogP contribution in [0.4, 0.5) is 0 Å². The van der Waals surface area contributed by atoms with Crippen LogP contribution in [0.5, 0.6) is 0 Å². The summed E-state index contributed by atoms with van der Waals surface area (Å²) >= 11 is 0. The van der Waals surface area contributed by atoms with E-state index in [2.05, 4.69) is 40.4 Å². The Kier molecular flexibility index (Phi) is 5.25. The van der Waals surface area contributed by atoms with Crippen LogP contribution < -0.4 is 0 Å². The zero-order chi connectivity index (χ0) is 15.6. The predicted molar refractivity (Wildman–Crippen MR) is 85.3 cm³/mol. The van der Waals surface area contributed by atoms with Crippen molar-refractivity contribution in [2.45, 2.75) is 76.9 Å². The highest BCUT2D eigenvalue weighted by molar-refractivity contribution is 6.82. The van der Waals surface area contributed by atoms with Gasteiger partial charge in [0.25, 0.3) is 0 Å². The maximum Gasteiger partial charge on any atom is 0.335 e. The van der Waals surface area contributed by atoms with Crippen molar-refractivity contribution in [2.75, 3.05) is 6.61 Å². The van der Waals surface area contributed by atoms with Gasteiger partial charge in [-0.05, 0) is 24.3 Å². The zero-order valence-corrected chi connectivity index (χ0v) is 15.0. The largest absolute Gasteiger partial charge is 0.434 e. The fraction of sp³-hybridized carbons (Fsp3) is 0.812. The van der Waals surface area contributed by atoms with Gasteiger partial charge in [0.15, 0.2) is 5.41 Å². The van der Waals surface area contributed by atoms with Gasteiger partial charge < -0.3 is 9.47 Å². The molecule has 1 aliphatic heterocycles. The second kappa shape index (κ2) is 6.02. The van der Waals surface area contributed by atoms with Gasteiger partial charge in [-0.1, -0.05) is 47.4 Å². The molecular formula is C16H30O3Si. The molecule has 0 spiro atoms. The number of rotatable bonds is 4. The lowest BCUT2D eigenvalue weighted by Gasteiger charge is -2.52. The summed E-state index contributed by atoms with van der Waals surface area (Å²) in [5.41, 5.74) is -0.184. The molecule has 4 heteroatoms. The Balaban J connectivity index is 3.10. The van der Waals surface area contributed by atoms with Gasteiger partial charge in [0.05, 0.1) is 6.61 Å². The number of carbonyl (C=O) groups excluding carboxylic acids is 1. The molecule has 20 heavy (non-hydrogen) atoms. The van der Waals surface area contributed by atoms with Gasteiger partial charge in [0.2, 0.25) is 0 Å². The van der Waals surface area contributed by atoms with E-state index in [0.29, 0.717) is 18.6 Å². The Morgan fingerprint density at radius 2 is 1.95 bits per heavy atom. The third-order valence-electron chi connectivity index (χ3n) is 5.04. The summed E-state index contributed by atoms with van der Waals surface area (Å²) in [4.78, 5) is 12.2. The molecule has 1 aliphatic rings. The van der Waals surface area contributed by atoms with Crippen molar-refractivity contribution in [2.24, 2.45) is 0 Å². The number of esters is 1. The Morgan fingerprint density at radius 3 is 2.35 bits per heavy atom. The average Bonchev–Trinajstić information content (AvgIpc) is 2.37. The molecule has 3 nitrogen and oxygen atoms in total. The van der Waals surface area contributed by atoms with E-state index in [1.165, 1.54) is 0 Å². The van der Waals surface area contributed by atoms with Gasteiger partial charge in [0.1, 0.15) is 8.07 Å². The number of hydrogen-bond donors (Lipinski definition) is 0. The molecule has 116 valence electrons. The highest BCUT2D eigenvalue weighted by atomic mass is 28.3. The van der Waals surface area contributed by atoms with Crippen molar-refractivity contribution in [3.8, 4) is 0 Å². The first kappa shape index (κ1) is 17.4. The molecule has 0 aromatic carbocycles. The fourth-order valence-electron chi connectivity index (χ4n) is 2.41. The normalized spacial score (nSPS) is 24.3. The highest BCUT2D eigenvalue weighted by Crippen LogP contribution is 2.48. The first-order chi connectivity index (χ1) is 9.07. The van der Waals surface area contributed by atoms with Gasteiger partial charge in [-0.3, -0.25) is 0 Å². The molecule has 0 N–H and O–H groups in total. The van der Waals surface area contributed by atoms with Crippen LogP contribution in [-0.4, -0.2) is 26.1 Å². The van der Waals surface area contributed by atoms with Crippen molar-refractivity contribution in [3.63, 3.8) is 0 Å². The molecule has 0 radical (unpaired) electrons. The second-order valence-corrected chi connectivity index (χ2v) is 12.8. The number of hydrogen-bond acceptors (Lipinski definition) is 3. The Bertz CT molecular complexity index is 374. The molecular weight excluding hydrogens is 268 g/mol. The first-order valence-corrected chi connectivity index (χ1v) is 10.6. The van der Waals surface area contributed by atoms with E-state index in [-0.39, 0.29) is 11.0 Å². The lowest BCUT2D eigenvalue weighted by Crippen LogP contribution is -2.64. The van der Waals surface area contributed by atoms with Gasteiger partial charge in [-0.25, -0.2) is 4.79 Å². The van der Waals surface area contributed by atoms with Crippen LogP contribution in [0, 0.1) is 0 Å². The Labute approximate surface area is 124 Å². The maximum absolute atomic E-state index is 12.2. The summed E-state index contributed by atoms with van der Waals surface area (Å²) in [6.45, 7) is 17.6. The van der Waals surface area contributed by atoms with Crippen LogP contribution in [0.2, 0.25) is 18.1 Å². The molecule has 1 unspecified atom stereocenters. The molecule has 1 atom stereocenters. The lowest BCUT2D eigenvalue weighted by atomic mass is 10.2. The van der Waals surface area contributed by atoms with E-state index >= 15 is 0 Å². The van der Waals surface area contributed by atoms with Crippen LogP contribution in [-0.2, 0) is 14.3 Å². The van der Waals surface area contributed by atoms with Gasteiger partial charge in [-0.2, -0.15) is 0 Å². The van der Waals surface area contributed by atoms with Crippen molar-refractivity contribution in [1.82, 2.24) is 0 Å². The van der Waals surface area contributed by atoms with Gasteiger partial charge in [0, 0.05) is 12.0 Å². The first-order valence-electron chi connectivity index (χ1n) is 7.62. The van der Waals surface area contributed by atoms with Crippen molar-refractivity contribution < 1.29 is 14.3 Å². The van der Waals surface area contributed by atoms with Crippen molar-refractivity contribution >= 4 is 14.0 Å². The van der Waals surface area contributed by atoms with E-state index < -0.39 is 13.5 Å². The van der Waals surface area contributed by atoms with Crippen LogP contribution in [0.25, 0.3) is 0 Å². The summed E-state index contributed by atoms with van der Waals surface area (Å²) in [6.07, 6.45) is 3.53. The van der Waals surface area contributed by atoms with Crippen molar-refractivity contribution in [3.05, 3.63) is 12.2 Å². The van der Waals surface area contributed by atoms with Crippen molar-refractivity contribution in [1.29, 1.82) is 0 Å². The quantitative estimate of drug-likeness (QED) is 0.437. The van der Waals surface area contributed by atoms with E-state index in [1.54, 1.807) is 0 Å². The van der Waals surface area contributed by atoms with Gasteiger partial charge in [-0.15, -0.1) is 0 Å². The monoisotopic (exact) mass is 298 g/mol. The van der Waals surface area contributed by atoms with E-state index in [9.17, 15) is 4.79 Å². The number of ether oxygens (including phenoxy) is 2. The molecule has 0 bridgehead atoms. The van der Waals surface area contributed by atoms with Crippen LogP contribution in [0.1, 0.15) is 53.4 Å². The van der Waals surface area contributed by atoms with E-state index in [4.69, 9.17) is 9.47 Å². The van der Waals surface area contributed by atoms with Crippen LogP contribution in [0.15, 0.2) is 12.2 Å². The zero-order valence-electron chi connectivity index (χ0n) is 14.0. The topological polar surface area (TPSA) is 35.5 Å². The minimum Gasteiger partial charge on any atom is -0.434 e. The SMILES string of the molecule is C=C(CC)C(=O)OC1([Si](C)(C)C(C)(C)C)CCCCO1. The standard InChI is InChI=1S/C16H30O3Si/c1-8-13(2)14(17)19-16(11-9-10-12-18-16)20(6,7)15(3,4)5/h2,8-12H2,1,3-7H3. The summed E-state index contributed by atoms with van der Waals surface area (Å²) < 4.78 is 12.0. The van der Waals surface area contributed by atoms with Gasteiger partial charge >= 0.3 is 5.97 Å². The molecule has 0 aromatic rings. The van der Waals surface area contributed by atoms with Crippen LogP contribution >= 0.6 is 0 Å². The molecule has 1 fully saturated rings. The highest BCUT2D eigenvalue weighted by Gasteiger charge is 2.57. The maximum atomic E-state index is 12.2. The fourth-order valence-corrected chi connectivity index (χ4v) is 5.16. The molecule has 0 aliphatic carbocycles. The average molecular weight is 298 g/mol. The van der Waals surface area contributed by atoms with E-state index in [0.717, 1.165) is 19.3 Å².